The molecule has 0 unspecified atom stereocenters. The number of hydrogen-bond donors (Lipinski definition) is 1. The van der Waals surface area contributed by atoms with Gasteiger partial charge in [0.1, 0.15) is 12.4 Å². The Morgan fingerprint density at radius 1 is 1.21 bits per heavy atom. The van der Waals surface area contributed by atoms with Crippen LogP contribution in [0.2, 0.25) is 0 Å². The number of ether oxygens (including phenoxy) is 1. The zero-order valence-corrected chi connectivity index (χ0v) is 14.0. The molecule has 0 aromatic heterocycles. The maximum atomic E-state index is 12.1. The molecule has 108 valence electrons. The van der Waals surface area contributed by atoms with Gasteiger partial charge in [-0.15, -0.1) is 0 Å². The van der Waals surface area contributed by atoms with Gasteiger partial charge in [-0.3, -0.25) is 0 Å². The highest BCUT2D eigenvalue weighted by Gasteiger charge is 2.11. The molecule has 6 heteroatoms. The van der Waals surface area contributed by atoms with Gasteiger partial charge < -0.3 is 10.1 Å². The van der Waals surface area contributed by atoms with Gasteiger partial charge in [-0.05, 0) is 62.0 Å². The third-order valence-corrected chi connectivity index (χ3v) is 3.47. The average molecular weight is 401 g/mol. The van der Waals surface area contributed by atoms with Crippen LogP contribution in [0.4, 0.5) is 8.78 Å². The second-order valence-corrected chi connectivity index (χ2v) is 6.32. The normalized spacial score (nSPS) is 11.4. The highest BCUT2D eigenvalue weighted by molar-refractivity contribution is 9.11. The SMILES string of the molecule is CC(C)CNCc1cc(Br)c(OCC(F)F)c(Br)c1. The van der Waals surface area contributed by atoms with Crippen LogP contribution in [-0.2, 0) is 6.54 Å². The number of rotatable bonds is 7. The van der Waals surface area contributed by atoms with E-state index >= 15 is 0 Å². The van der Waals surface area contributed by atoms with Crippen LogP contribution in [0.25, 0.3) is 0 Å². The molecule has 0 aliphatic carbocycles. The lowest BCUT2D eigenvalue weighted by Gasteiger charge is -2.13. The van der Waals surface area contributed by atoms with Gasteiger partial charge in [-0.2, -0.15) is 0 Å². The Bertz CT molecular complexity index is 391. The first-order valence-corrected chi connectivity index (χ1v) is 7.58. The topological polar surface area (TPSA) is 21.3 Å². The summed E-state index contributed by atoms with van der Waals surface area (Å²) in [5.41, 5.74) is 1.06. The summed E-state index contributed by atoms with van der Waals surface area (Å²) in [6.07, 6.45) is -2.48. The predicted octanol–water partition coefficient (Wildman–Crippen LogP) is 4.60. The number of halogens is 4. The van der Waals surface area contributed by atoms with Crippen molar-refractivity contribution in [2.45, 2.75) is 26.8 Å². The zero-order chi connectivity index (χ0) is 14.4. The molecular formula is C13H17Br2F2NO. The quantitative estimate of drug-likeness (QED) is 0.722. The standard InChI is InChI=1S/C13H17Br2F2NO/c1-8(2)5-18-6-9-3-10(14)13(11(15)4-9)19-7-12(16)17/h3-4,8,12,18H,5-7H2,1-2H3. The minimum Gasteiger partial charge on any atom is -0.485 e. The maximum Gasteiger partial charge on any atom is 0.272 e. The molecule has 0 fully saturated rings. The number of benzene rings is 1. The fourth-order valence-electron chi connectivity index (χ4n) is 1.50. The van der Waals surface area contributed by atoms with Gasteiger partial charge in [-0.25, -0.2) is 8.78 Å². The van der Waals surface area contributed by atoms with Gasteiger partial charge in [0.15, 0.2) is 0 Å². The van der Waals surface area contributed by atoms with Gasteiger partial charge in [-0.1, -0.05) is 13.8 Å². The predicted molar refractivity (Wildman–Crippen MR) is 79.9 cm³/mol. The Morgan fingerprint density at radius 2 is 1.79 bits per heavy atom. The van der Waals surface area contributed by atoms with Crippen molar-refractivity contribution < 1.29 is 13.5 Å². The largest absolute Gasteiger partial charge is 0.485 e. The van der Waals surface area contributed by atoms with E-state index in [4.69, 9.17) is 4.74 Å². The van der Waals surface area contributed by atoms with E-state index in [2.05, 4.69) is 51.0 Å². The summed E-state index contributed by atoms with van der Waals surface area (Å²) in [7, 11) is 0. The third kappa shape index (κ3) is 6.19. The number of alkyl halides is 2. The average Bonchev–Trinajstić information content (AvgIpc) is 2.26. The molecule has 0 bridgehead atoms. The second-order valence-electron chi connectivity index (χ2n) is 4.62. The summed E-state index contributed by atoms with van der Waals surface area (Å²) >= 11 is 6.68. The Balaban J connectivity index is 2.67. The second kappa shape index (κ2) is 8.17. The van der Waals surface area contributed by atoms with Gasteiger partial charge >= 0.3 is 0 Å². The van der Waals surface area contributed by atoms with Crippen molar-refractivity contribution in [3.63, 3.8) is 0 Å². The van der Waals surface area contributed by atoms with Gasteiger partial charge in [0.25, 0.3) is 6.43 Å². The molecular weight excluding hydrogens is 384 g/mol. The lowest BCUT2D eigenvalue weighted by molar-refractivity contribution is 0.0811. The van der Waals surface area contributed by atoms with Crippen LogP contribution in [0.1, 0.15) is 19.4 Å². The molecule has 0 heterocycles. The molecule has 0 saturated carbocycles. The van der Waals surface area contributed by atoms with E-state index in [0.717, 1.165) is 18.7 Å². The molecule has 0 aliphatic heterocycles. The van der Waals surface area contributed by atoms with E-state index in [-0.39, 0.29) is 0 Å². The van der Waals surface area contributed by atoms with Crippen LogP contribution < -0.4 is 10.1 Å². The van der Waals surface area contributed by atoms with E-state index in [1.165, 1.54) is 0 Å². The fourth-order valence-corrected chi connectivity index (χ4v) is 3.01. The van der Waals surface area contributed by atoms with Crippen LogP contribution in [0, 0.1) is 5.92 Å². The molecule has 0 atom stereocenters. The van der Waals surface area contributed by atoms with Crippen molar-refractivity contribution in [1.29, 1.82) is 0 Å². The minimum atomic E-state index is -2.48. The molecule has 1 N–H and O–H groups in total. The first-order chi connectivity index (χ1) is 8.90. The van der Waals surface area contributed by atoms with Crippen molar-refractivity contribution >= 4 is 31.9 Å². The Labute approximate surface area is 129 Å². The molecule has 19 heavy (non-hydrogen) atoms. The Morgan fingerprint density at radius 3 is 2.26 bits per heavy atom. The fraction of sp³-hybridized carbons (Fsp3) is 0.538. The molecule has 1 rings (SSSR count). The van der Waals surface area contributed by atoms with Gasteiger partial charge in [0, 0.05) is 6.54 Å². The zero-order valence-electron chi connectivity index (χ0n) is 10.9. The highest BCUT2D eigenvalue weighted by Crippen LogP contribution is 2.35. The molecule has 0 saturated heterocycles. The van der Waals surface area contributed by atoms with Crippen molar-refractivity contribution in [3.05, 3.63) is 26.6 Å². The lowest BCUT2D eigenvalue weighted by Crippen LogP contribution is -2.19. The van der Waals surface area contributed by atoms with Crippen LogP contribution in [0.3, 0.4) is 0 Å². The minimum absolute atomic E-state index is 0.410. The van der Waals surface area contributed by atoms with Gasteiger partial charge in [0.05, 0.1) is 8.95 Å². The monoisotopic (exact) mass is 399 g/mol. The van der Waals surface area contributed by atoms with E-state index in [1.807, 2.05) is 12.1 Å². The van der Waals surface area contributed by atoms with E-state index in [9.17, 15) is 8.78 Å². The first-order valence-electron chi connectivity index (χ1n) is 5.99. The van der Waals surface area contributed by atoms with Crippen molar-refractivity contribution in [1.82, 2.24) is 5.32 Å². The van der Waals surface area contributed by atoms with Gasteiger partial charge in [0.2, 0.25) is 0 Å². The summed E-state index contributed by atoms with van der Waals surface area (Å²) in [5, 5.41) is 3.32. The lowest BCUT2D eigenvalue weighted by atomic mass is 10.2. The molecule has 0 radical (unpaired) electrons. The molecule has 1 aromatic rings. The summed E-state index contributed by atoms with van der Waals surface area (Å²) in [6.45, 7) is 5.33. The summed E-state index contributed by atoms with van der Waals surface area (Å²) in [5.74, 6) is 0.994. The molecule has 1 aromatic carbocycles. The van der Waals surface area contributed by atoms with Crippen molar-refractivity contribution in [2.75, 3.05) is 13.2 Å². The molecule has 0 aliphatic rings. The number of nitrogens with one attached hydrogen (secondary N) is 1. The van der Waals surface area contributed by atoms with Crippen molar-refractivity contribution in [3.8, 4) is 5.75 Å². The van der Waals surface area contributed by atoms with Crippen LogP contribution in [-0.4, -0.2) is 19.6 Å². The third-order valence-electron chi connectivity index (χ3n) is 2.29. The summed E-state index contributed by atoms with van der Waals surface area (Å²) in [6, 6.07) is 3.75. The highest BCUT2D eigenvalue weighted by atomic mass is 79.9. The Kier molecular flexibility index (Phi) is 7.25. The Hall–Kier alpha value is -0.200. The van der Waals surface area contributed by atoms with Crippen LogP contribution in [0.15, 0.2) is 21.1 Å². The van der Waals surface area contributed by atoms with E-state index < -0.39 is 13.0 Å². The molecule has 0 amide bonds. The smallest absolute Gasteiger partial charge is 0.272 e. The van der Waals surface area contributed by atoms with Crippen LogP contribution >= 0.6 is 31.9 Å². The van der Waals surface area contributed by atoms with Crippen molar-refractivity contribution in [2.24, 2.45) is 5.92 Å². The van der Waals surface area contributed by atoms with E-state index in [1.54, 1.807) is 0 Å². The molecule has 0 spiro atoms. The van der Waals surface area contributed by atoms with E-state index in [0.29, 0.717) is 20.6 Å². The molecule has 2 nitrogen and oxygen atoms in total. The first kappa shape index (κ1) is 16.9. The number of hydrogen-bond acceptors (Lipinski definition) is 2. The van der Waals surface area contributed by atoms with Crippen LogP contribution in [0.5, 0.6) is 5.75 Å². The summed E-state index contributed by atoms with van der Waals surface area (Å²) < 4.78 is 30.7. The maximum absolute atomic E-state index is 12.1. The summed E-state index contributed by atoms with van der Waals surface area (Å²) in [4.78, 5) is 0.